The van der Waals surface area contributed by atoms with E-state index in [0.29, 0.717) is 6.61 Å². The van der Waals surface area contributed by atoms with Crippen LogP contribution in [0.2, 0.25) is 0 Å². The third kappa shape index (κ3) is 6.73. The zero-order valence-corrected chi connectivity index (χ0v) is 17.3. The van der Waals surface area contributed by atoms with E-state index in [0.717, 1.165) is 49.7 Å². The third-order valence-electron chi connectivity index (χ3n) is 4.96. The van der Waals surface area contributed by atoms with Crippen molar-refractivity contribution in [2.75, 3.05) is 39.5 Å². The molecule has 0 spiro atoms. The van der Waals surface area contributed by atoms with E-state index in [1.165, 1.54) is 5.56 Å². The van der Waals surface area contributed by atoms with Gasteiger partial charge in [-0.1, -0.05) is 42.0 Å². The van der Waals surface area contributed by atoms with Gasteiger partial charge in [-0.2, -0.15) is 0 Å². The fourth-order valence-corrected chi connectivity index (χ4v) is 3.31. The van der Waals surface area contributed by atoms with E-state index in [4.69, 9.17) is 9.47 Å². The van der Waals surface area contributed by atoms with Gasteiger partial charge in [0.15, 0.2) is 0 Å². The summed E-state index contributed by atoms with van der Waals surface area (Å²) < 4.78 is 10.9. The molecular formula is C24H30N2O3. The van der Waals surface area contributed by atoms with Crippen LogP contribution in [0, 0.1) is 6.92 Å². The molecular weight excluding hydrogens is 364 g/mol. The second kappa shape index (κ2) is 10.8. The normalized spacial score (nSPS) is 15.9. The summed E-state index contributed by atoms with van der Waals surface area (Å²) in [6.45, 7) is 8.70. The van der Waals surface area contributed by atoms with Crippen LogP contribution < -0.4 is 10.1 Å². The van der Waals surface area contributed by atoms with E-state index < -0.39 is 0 Å². The first-order valence-electron chi connectivity index (χ1n) is 10.2. The van der Waals surface area contributed by atoms with Gasteiger partial charge in [-0.15, -0.1) is 0 Å². The molecule has 1 heterocycles. The van der Waals surface area contributed by atoms with E-state index in [9.17, 15) is 4.79 Å². The number of carbonyl (C=O) groups is 1. The molecule has 2 aromatic rings. The second-order valence-electron chi connectivity index (χ2n) is 7.22. The Balaban J connectivity index is 1.65. The van der Waals surface area contributed by atoms with Crippen LogP contribution in [0.25, 0.3) is 6.08 Å². The molecule has 0 radical (unpaired) electrons. The minimum Gasteiger partial charge on any atom is -0.494 e. The third-order valence-corrected chi connectivity index (χ3v) is 4.96. The van der Waals surface area contributed by atoms with Gasteiger partial charge in [0, 0.05) is 25.7 Å². The first-order valence-corrected chi connectivity index (χ1v) is 10.2. The Morgan fingerprint density at radius 2 is 1.83 bits per heavy atom. The van der Waals surface area contributed by atoms with Crippen LogP contribution in [-0.2, 0) is 9.53 Å². The largest absolute Gasteiger partial charge is 0.494 e. The molecule has 1 aliphatic rings. The lowest BCUT2D eigenvalue weighted by Gasteiger charge is -2.31. The molecule has 0 bridgehead atoms. The molecule has 3 rings (SSSR count). The van der Waals surface area contributed by atoms with Crippen LogP contribution >= 0.6 is 0 Å². The molecule has 0 saturated carbocycles. The molecule has 0 aromatic heterocycles. The van der Waals surface area contributed by atoms with Crippen molar-refractivity contribution < 1.29 is 14.3 Å². The van der Waals surface area contributed by atoms with Crippen LogP contribution in [0.5, 0.6) is 5.75 Å². The van der Waals surface area contributed by atoms with Gasteiger partial charge in [-0.25, -0.2) is 0 Å². The van der Waals surface area contributed by atoms with Gasteiger partial charge in [0.25, 0.3) is 0 Å². The molecule has 1 atom stereocenters. The van der Waals surface area contributed by atoms with Crippen molar-refractivity contribution >= 4 is 12.0 Å². The Morgan fingerprint density at radius 3 is 2.48 bits per heavy atom. The zero-order valence-electron chi connectivity index (χ0n) is 17.3. The molecule has 1 N–H and O–H groups in total. The summed E-state index contributed by atoms with van der Waals surface area (Å²) >= 11 is 0. The summed E-state index contributed by atoms with van der Waals surface area (Å²) in [6.07, 6.45) is 3.42. The Kier molecular flexibility index (Phi) is 7.85. The van der Waals surface area contributed by atoms with Crippen LogP contribution in [0.15, 0.2) is 54.6 Å². The number of amides is 1. The highest BCUT2D eigenvalue weighted by Gasteiger charge is 2.19. The fraction of sp³-hybridized carbons (Fsp3) is 0.375. The molecule has 154 valence electrons. The average molecular weight is 395 g/mol. The quantitative estimate of drug-likeness (QED) is 0.695. The minimum atomic E-state index is -0.0993. The molecule has 0 aliphatic carbocycles. The second-order valence-corrected chi connectivity index (χ2v) is 7.22. The lowest BCUT2D eigenvalue weighted by atomic mass is 10.0. The number of aryl methyl sites for hydroxylation is 1. The van der Waals surface area contributed by atoms with E-state index in [1.54, 1.807) is 6.08 Å². The van der Waals surface area contributed by atoms with Crippen molar-refractivity contribution in [3.05, 3.63) is 71.3 Å². The number of hydrogen-bond acceptors (Lipinski definition) is 4. The number of nitrogens with one attached hydrogen (secondary N) is 1. The summed E-state index contributed by atoms with van der Waals surface area (Å²) in [6, 6.07) is 16.0. The Labute approximate surface area is 173 Å². The highest BCUT2D eigenvalue weighted by molar-refractivity contribution is 5.92. The Bertz CT molecular complexity index is 794. The van der Waals surface area contributed by atoms with Gasteiger partial charge < -0.3 is 14.8 Å². The zero-order chi connectivity index (χ0) is 20.5. The topological polar surface area (TPSA) is 50.8 Å². The minimum absolute atomic E-state index is 0.0637. The van der Waals surface area contributed by atoms with Crippen LogP contribution in [0.3, 0.4) is 0 Å². The highest BCUT2D eigenvalue weighted by atomic mass is 16.5. The van der Waals surface area contributed by atoms with Gasteiger partial charge in [-0.3, -0.25) is 9.69 Å². The molecule has 0 unspecified atom stereocenters. The van der Waals surface area contributed by atoms with E-state index >= 15 is 0 Å². The number of rotatable bonds is 8. The standard InChI is InChI=1S/C24H30N2O3/c1-3-29-22-11-6-20(7-12-22)8-13-24(27)25-23(18-26-14-16-28-17-15-26)21-9-4-19(2)5-10-21/h4-13,23H,3,14-18H2,1-2H3,(H,25,27)/b13-8+/t23-/m0/s1. The van der Waals surface area contributed by atoms with Gasteiger partial charge in [0.2, 0.25) is 5.91 Å². The average Bonchev–Trinajstić information content (AvgIpc) is 2.74. The number of carbonyl (C=O) groups excluding carboxylic acids is 1. The van der Waals surface area contributed by atoms with E-state index in [-0.39, 0.29) is 11.9 Å². The van der Waals surface area contributed by atoms with Crippen LogP contribution in [0.1, 0.15) is 29.7 Å². The first-order chi connectivity index (χ1) is 14.1. The summed E-state index contributed by atoms with van der Waals surface area (Å²) in [7, 11) is 0. The molecule has 1 aliphatic heterocycles. The van der Waals surface area contributed by atoms with Crippen molar-refractivity contribution in [2.24, 2.45) is 0 Å². The Hall–Kier alpha value is -2.63. The number of benzene rings is 2. The Morgan fingerprint density at radius 1 is 1.14 bits per heavy atom. The molecule has 5 nitrogen and oxygen atoms in total. The predicted molar refractivity (Wildman–Crippen MR) is 116 cm³/mol. The number of hydrogen-bond donors (Lipinski definition) is 1. The van der Waals surface area contributed by atoms with Crippen molar-refractivity contribution in [1.29, 1.82) is 0 Å². The lowest BCUT2D eigenvalue weighted by molar-refractivity contribution is -0.117. The van der Waals surface area contributed by atoms with Crippen LogP contribution in [0.4, 0.5) is 0 Å². The fourth-order valence-electron chi connectivity index (χ4n) is 3.31. The summed E-state index contributed by atoms with van der Waals surface area (Å²) in [4.78, 5) is 15.0. The maximum Gasteiger partial charge on any atom is 0.244 e. The lowest BCUT2D eigenvalue weighted by Crippen LogP contribution is -2.42. The van der Waals surface area contributed by atoms with Crippen LogP contribution in [-0.4, -0.2) is 50.3 Å². The number of ether oxygens (including phenoxy) is 2. The number of morpholine rings is 1. The molecule has 1 amide bonds. The van der Waals surface area contributed by atoms with Crippen molar-refractivity contribution in [1.82, 2.24) is 10.2 Å². The molecule has 29 heavy (non-hydrogen) atoms. The van der Waals surface area contributed by atoms with Gasteiger partial charge in [0.1, 0.15) is 5.75 Å². The highest BCUT2D eigenvalue weighted by Crippen LogP contribution is 2.17. The maximum absolute atomic E-state index is 12.6. The van der Waals surface area contributed by atoms with Crippen molar-refractivity contribution in [3.8, 4) is 5.75 Å². The van der Waals surface area contributed by atoms with E-state index in [1.807, 2.05) is 37.3 Å². The summed E-state index contributed by atoms with van der Waals surface area (Å²) in [5, 5.41) is 3.17. The van der Waals surface area contributed by atoms with Crippen molar-refractivity contribution in [3.63, 3.8) is 0 Å². The molecule has 1 saturated heterocycles. The predicted octanol–water partition coefficient (Wildman–Crippen LogP) is 3.60. The van der Waals surface area contributed by atoms with Gasteiger partial charge in [0.05, 0.1) is 25.9 Å². The molecule has 1 fully saturated rings. The smallest absolute Gasteiger partial charge is 0.244 e. The van der Waals surface area contributed by atoms with Gasteiger partial charge in [-0.05, 0) is 43.2 Å². The maximum atomic E-state index is 12.6. The SMILES string of the molecule is CCOc1ccc(/C=C/C(=O)N[C@@H](CN2CCOCC2)c2ccc(C)cc2)cc1. The van der Waals surface area contributed by atoms with E-state index in [2.05, 4.69) is 41.4 Å². The monoisotopic (exact) mass is 394 g/mol. The summed E-state index contributed by atoms with van der Waals surface area (Å²) in [5.41, 5.74) is 3.29. The molecule has 2 aromatic carbocycles. The first kappa shape index (κ1) is 21.1. The summed E-state index contributed by atoms with van der Waals surface area (Å²) in [5.74, 6) is 0.733. The number of nitrogens with zero attached hydrogens (tertiary/aromatic N) is 1. The molecule has 5 heteroatoms. The van der Waals surface area contributed by atoms with Gasteiger partial charge >= 0.3 is 0 Å². The van der Waals surface area contributed by atoms with Crippen molar-refractivity contribution in [2.45, 2.75) is 19.9 Å².